The average molecular weight is 704 g/mol. The number of sulfone groups is 1. The molecular weight excluding hydrogens is 650 g/mol. The summed E-state index contributed by atoms with van der Waals surface area (Å²) >= 11 is 0. The molecule has 1 N–H and O–H groups in total. The van der Waals surface area contributed by atoms with Crippen molar-refractivity contribution in [1.29, 1.82) is 0 Å². The lowest BCUT2D eigenvalue weighted by molar-refractivity contribution is -0.157. The van der Waals surface area contributed by atoms with E-state index in [-0.39, 0.29) is 73.1 Å². The number of ether oxygens (including phenoxy) is 1. The summed E-state index contributed by atoms with van der Waals surface area (Å²) in [5.41, 5.74) is 0.592. The van der Waals surface area contributed by atoms with E-state index in [4.69, 9.17) is 9.15 Å². The minimum Gasteiger partial charge on any atom is -0.460 e. The van der Waals surface area contributed by atoms with Crippen LogP contribution >= 0.6 is 0 Å². The molecule has 0 unspecified atom stereocenters. The topological polar surface area (TPSA) is 164 Å². The lowest BCUT2D eigenvalue weighted by atomic mass is 9.93. The molecule has 0 aliphatic carbocycles. The van der Waals surface area contributed by atoms with Crippen molar-refractivity contribution >= 4 is 33.3 Å². The number of aliphatic hydroxyl groups is 1. The standard InChI is InChI=1S/C36H53N3O9S/c1-7-38(8-2)18-19-49(45,46)31-16-17-39-33(31)36(44)48-34(24(3)4)26(6)14-15-27(40)13-11-9-10-12-25(5)20-28(41)21-29(42)22-32-37-30(23-47-32)35(39)43/h10,12,14-15,20,23-24,26,28,31,33-34,41H,7-9,11,13,16-19,21-22H2,1-6H3/b12-10+,15-14+,25-20+/t26-,28-,31-,33-,34-/m1/s1. The van der Waals surface area contributed by atoms with Gasteiger partial charge in [-0.3, -0.25) is 14.4 Å². The van der Waals surface area contributed by atoms with Crippen LogP contribution < -0.4 is 0 Å². The number of fused-ring (bicyclic) bond motifs is 3. The molecule has 12 nitrogen and oxygen atoms in total. The van der Waals surface area contributed by atoms with Crippen LogP contribution in [0.4, 0.5) is 0 Å². The monoisotopic (exact) mass is 703 g/mol. The molecule has 2 bridgehead atoms. The van der Waals surface area contributed by atoms with Crippen LogP contribution in [0, 0.1) is 11.8 Å². The number of cyclic esters (lactones) is 1. The van der Waals surface area contributed by atoms with E-state index in [1.54, 1.807) is 19.1 Å². The van der Waals surface area contributed by atoms with E-state index in [1.807, 2.05) is 51.7 Å². The Kier molecular flexibility index (Phi) is 15.1. The molecule has 0 radical (unpaired) electrons. The number of ketones is 2. The molecule has 1 saturated heterocycles. The third-order valence-electron chi connectivity index (χ3n) is 9.09. The highest BCUT2D eigenvalue weighted by Crippen LogP contribution is 2.30. The second-order valence-corrected chi connectivity index (χ2v) is 15.7. The normalized spacial score (nSPS) is 28.1. The van der Waals surface area contributed by atoms with Gasteiger partial charge in [0.1, 0.15) is 24.2 Å². The first-order valence-electron chi connectivity index (χ1n) is 17.3. The summed E-state index contributed by atoms with van der Waals surface area (Å²) in [5, 5.41) is 9.22. The Hall–Kier alpha value is -3.42. The van der Waals surface area contributed by atoms with Gasteiger partial charge in [-0.05, 0) is 51.3 Å². The van der Waals surface area contributed by atoms with Gasteiger partial charge in [0.2, 0.25) is 5.89 Å². The fourth-order valence-corrected chi connectivity index (χ4v) is 8.22. The predicted octanol–water partition coefficient (Wildman–Crippen LogP) is 3.89. The van der Waals surface area contributed by atoms with Gasteiger partial charge in [0.05, 0.1) is 23.5 Å². The molecule has 2 aliphatic rings. The molecule has 1 amide bonds. The Morgan fingerprint density at radius 3 is 2.51 bits per heavy atom. The van der Waals surface area contributed by atoms with Crippen molar-refractivity contribution in [3.8, 4) is 0 Å². The Labute approximate surface area is 290 Å². The maximum Gasteiger partial charge on any atom is 0.330 e. The second kappa shape index (κ2) is 18.5. The average Bonchev–Trinajstić information content (AvgIpc) is 3.70. The molecule has 0 aromatic carbocycles. The Bertz CT molecular complexity index is 1510. The molecule has 1 aromatic rings. The van der Waals surface area contributed by atoms with Crippen molar-refractivity contribution < 1.29 is 41.9 Å². The fourth-order valence-electron chi connectivity index (χ4n) is 6.29. The number of aromatic nitrogens is 1. The largest absolute Gasteiger partial charge is 0.460 e. The minimum atomic E-state index is -3.87. The zero-order valence-electron chi connectivity index (χ0n) is 29.7. The van der Waals surface area contributed by atoms with E-state index in [0.29, 0.717) is 32.4 Å². The highest BCUT2D eigenvalue weighted by atomic mass is 32.2. The first kappa shape index (κ1) is 40.0. The maximum atomic E-state index is 14.0. The van der Waals surface area contributed by atoms with Gasteiger partial charge in [0, 0.05) is 31.8 Å². The third kappa shape index (κ3) is 11.6. The summed E-state index contributed by atoms with van der Waals surface area (Å²) in [4.78, 5) is 60.5. The number of hydrogen-bond donors (Lipinski definition) is 1. The van der Waals surface area contributed by atoms with Crippen molar-refractivity contribution in [3.05, 3.63) is 53.8 Å². The molecule has 3 heterocycles. The number of oxazole rings is 1. The summed E-state index contributed by atoms with van der Waals surface area (Å²) in [6, 6.07) is -1.43. The van der Waals surface area contributed by atoms with Crippen molar-refractivity contribution in [2.45, 2.75) is 104 Å². The van der Waals surface area contributed by atoms with Crippen LogP contribution in [-0.4, -0.2) is 107 Å². The number of carbonyl (C=O) groups is 4. The zero-order valence-corrected chi connectivity index (χ0v) is 30.5. The number of amides is 1. The molecule has 3 rings (SSSR count). The number of allylic oxidation sites excluding steroid dienone is 4. The number of carbonyl (C=O) groups excluding carboxylic acids is 4. The number of Topliss-reactive ketones (excluding diaryl/α,β-unsaturated/α-hetero) is 1. The van der Waals surface area contributed by atoms with Gasteiger partial charge in [-0.25, -0.2) is 18.2 Å². The molecule has 0 saturated carbocycles. The highest BCUT2D eigenvalue weighted by Gasteiger charge is 2.50. The summed E-state index contributed by atoms with van der Waals surface area (Å²) in [7, 11) is -3.87. The van der Waals surface area contributed by atoms with Crippen molar-refractivity contribution in [2.24, 2.45) is 11.8 Å². The van der Waals surface area contributed by atoms with E-state index in [2.05, 4.69) is 4.98 Å². The SMILES string of the molecule is CCN(CC)CCS(=O)(=O)[C@@H]1CCN2C(=O)c3coc(n3)CC(=O)C[C@H](O)/C=C(C)/C=C/CCCC(=O)/C=C/[C@@H](C)[C@@H](C(C)C)OC(=O)[C@@H]12. The molecule has 5 atom stereocenters. The van der Waals surface area contributed by atoms with Gasteiger partial charge in [-0.1, -0.05) is 64.5 Å². The minimum absolute atomic E-state index is 0.0302. The number of nitrogens with zero attached hydrogens (tertiary/aromatic N) is 3. The highest BCUT2D eigenvalue weighted by molar-refractivity contribution is 7.92. The van der Waals surface area contributed by atoms with Crippen LogP contribution in [0.15, 0.2) is 46.6 Å². The first-order chi connectivity index (χ1) is 23.2. The van der Waals surface area contributed by atoms with Crippen molar-refractivity contribution in [1.82, 2.24) is 14.8 Å². The molecular formula is C36H53N3O9S. The number of rotatable bonds is 7. The molecule has 49 heavy (non-hydrogen) atoms. The van der Waals surface area contributed by atoms with Crippen molar-refractivity contribution in [3.63, 3.8) is 0 Å². The van der Waals surface area contributed by atoms with Crippen LogP contribution in [-0.2, 0) is 35.4 Å². The second-order valence-electron chi connectivity index (χ2n) is 13.3. The van der Waals surface area contributed by atoms with Gasteiger partial charge in [0.15, 0.2) is 21.3 Å². The van der Waals surface area contributed by atoms with Crippen LogP contribution in [0.1, 0.15) is 90.0 Å². The predicted molar refractivity (Wildman–Crippen MR) is 185 cm³/mol. The Morgan fingerprint density at radius 1 is 1.12 bits per heavy atom. The van der Waals surface area contributed by atoms with Gasteiger partial charge in [-0.2, -0.15) is 0 Å². The molecule has 1 aromatic heterocycles. The Balaban J connectivity index is 1.99. The summed E-state index contributed by atoms with van der Waals surface area (Å²) in [6.07, 6.45) is 8.98. The number of hydrogen-bond acceptors (Lipinski definition) is 11. The van der Waals surface area contributed by atoms with Crippen molar-refractivity contribution in [2.75, 3.05) is 31.9 Å². The van der Waals surface area contributed by atoms with Crippen LogP contribution in [0.5, 0.6) is 0 Å². The van der Waals surface area contributed by atoms with Gasteiger partial charge in [0.25, 0.3) is 5.91 Å². The summed E-state index contributed by atoms with van der Waals surface area (Å²) in [6.45, 7) is 12.8. The number of aliphatic hydroxyl groups excluding tert-OH is 1. The number of esters is 1. The molecule has 2 aliphatic heterocycles. The van der Waals surface area contributed by atoms with Gasteiger partial charge in [-0.15, -0.1) is 0 Å². The van der Waals surface area contributed by atoms with E-state index >= 15 is 0 Å². The lowest BCUT2D eigenvalue weighted by Gasteiger charge is -2.31. The quantitative estimate of drug-likeness (QED) is 0.410. The van der Waals surface area contributed by atoms with E-state index in [1.165, 1.54) is 11.0 Å². The first-order valence-corrected chi connectivity index (χ1v) is 19.0. The zero-order chi connectivity index (χ0) is 36.3. The molecule has 13 heteroatoms. The van der Waals surface area contributed by atoms with Crippen LogP contribution in [0.2, 0.25) is 0 Å². The van der Waals surface area contributed by atoms with E-state index in [9.17, 15) is 32.7 Å². The maximum absolute atomic E-state index is 14.0. The van der Waals surface area contributed by atoms with E-state index in [0.717, 1.165) is 11.8 Å². The fraction of sp³-hybridized carbons (Fsp3) is 0.639. The molecule has 272 valence electrons. The van der Waals surface area contributed by atoms with Crippen LogP contribution in [0.3, 0.4) is 0 Å². The van der Waals surface area contributed by atoms with Gasteiger partial charge < -0.3 is 24.1 Å². The third-order valence-corrected chi connectivity index (χ3v) is 11.3. The molecule has 1 fully saturated rings. The van der Waals surface area contributed by atoms with Crippen LogP contribution in [0.25, 0.3) is 0 Å². The Morgan fingerprint density at radius 2 is 1.84 bits per heavy atom. The summed E-state index contributed by atoms with van der Waals surface area (Å²) in [5.74, 6) is -2.79. The molecule has 0 spiro atoms. The van der Waals surface area contributed by atoms with E-state index < -0.39 is 45.2 Å². The van der Waals surface area contributed by atoms with Gasteiger partial charge >= 0.3 is 5.97 Å². The lowest BCUT2D eigenvalue weighted by Crippen LogP contribution is -2.50. The summed E-state index contributed by atoms with van der Waals surface area (Å²) < 4.78 is 39.0. The smallest absolute Gasteiger partial charge is 0.330 e.